The molecule has 2 rings (SSSR count). The Morgan fingerprint density at radius 2 is 1.83 bits per heavy atom. The molecule has 1 N–H and O–H groups in total. The maximum absolute atomic E-state index is 9.80. The Hall–Kier alpha value is -1.32. The van der Waals surface area contributed by atoms with Gasteiger partial charge in [-0.05, 0) is 49.4 Å². The number of hydrogen-bond donors (Lipinski definition) is 1. The molecule has 0 radical (unpaired) electrons. The fourth-order valence-corrected chi connectivity index (χ4v) is 2.05. The Bertz CT molecular complexity index is 593. The molecular formula is C14H11BrClNO. The number of halogens is 2. The second-order valence-electron chi connectivity index (χ2n) is 3.84. The van der Waals surface area contributed by atoms with Gasteiger partial charge in [-0.15, -0.1) is 0 Å². The Kier molecular flexibility index (Phi) is 4.04. The zero-order valence-corrected chi connectivity index (χ0v) is 12.0. The molecule has 0 saturated heterocycles. The predicted octanol–water partition coefficient (Wildman–Crippen LogP) is 4.95. The van der Waals surface area contributed by atoms with Crippen LogP contribution in [0.25, 0.3) is 0 Å². The zero-order chi connectivity index (χ0) is 13.1. The summed E-state index contributed by atoms with van der Waals surface area (Å²) in [5, 5.41) is 10.5. The lowest BCUT2D eigenvalue weighted by molar-refractivity contribution is 0.474. The molecule has 0 spiro atoms. The van der Waals surface area contributed by atoms with Crippen molar-refractivity contribution in [2.45, 2.75) is 6.92 Å². The van der Waals surface area contributed by atoms with E-state index in [4.69, 9.17) is 11.6 Å². The van der Waals surface area contributed by atoms with Crippen molar-refractivity contribution >= 4 is 38.9 Å². The molecule has 0 saturated carbocycles. The maximum atomic E-state index is 9.80. The van der Waals surface area contributed by atoms with E-state index < -0.39 is 0 Å². The molecule has 4 heteroatoms. The summed E-state index contributed by atoms with van der Waals surface area (Å²) in [7, 11) is 0. The van der Waals surface area contributed by atoms with E-state index in [1.165, 1.54) is 0 Å². The summed E-state index contributed by atoms with van der Waals surface area (Å²) in [6.45, 7) is 1.86. The summed E-state index contributed by atoms with van der Waals surface area (Å²) in [6.07, 6.45) is 0. The van der Waals surface area contributed by atoms with Crippen molar-refractivity contribution in [2.24, 2.45) is 4.99 Å². The predicted molar refractivity (Wildman–Crippen MR) is 79.1 cm³/mol. The quantitative estimate of drug-likeness (QED) is 0.779. The fraction of sp³-hybridized carbons (Fsp3) is 0.0714. The van der Waals surface area contributed by atoms with Crippen molar-refractivity contribution < 1.29 is 5.11 Å². The number of rotatable bonds is 2. The van der Waals surface area contributed by atoms with Crippen molar-refractivity contribution in [3.8, 4) is 5.75 Å². The van der Waals surface area contributed by atoms with Crippen molar-refractivity contribution in [2.75, 3.05) is 0 Å². The van der Waals surface area contributed by atoms with Gasteiger partial charge in [0.2, 0.25) is 0 Å². The Balaban J connectivity index is 2.38. The second kappa shape index (κ2) is 5.55. The van der Waals surface area contributed by atoms with Gasteiger partial charge in [0.05, 0.1) is 5.69 Å². The second-order valence-corrected chi connectivity index (χ2v) is 5.19. The fourth-order valence-electron chi connectivity index (χ4n) is 1.57. The first-order chi connectivity index (χ1) is 8.56. The Labute approximate surface area is 119 Å². The lowest BCUT2D eigenvalue weighted by Gasteiger charge is -2.05. The zero-order valence-electron chi connectivity index (χ0n) is 9.69. The molecule has 2 aromatic rings. The van der Waals surface area contributed by atoms with Gasteiger partial charge in [0.25, 0.3) is 0 Å². The van der Waals surface area contributed by atoms with Gasteiger partial charge in [-0.25, -0.2) is 0 Å². The van der Waals surface area contributed by atoms with Crippen LogP contribution in [0.4, 0.5) is 5.69 Å². The normalized spacial score (nSPS) is 11.6. The van der Waals surface area contributed by atoms with Crippen LogP contribution < -0.4 is 0 Å². The van der Waals surface area contributed by atoms with E-state index in [9.17, 15) is 5.11 Å². The summed E-state index contributed by atoms with van der Waals surface area (Å²) in [4.78, 5) is 4.45. The number of phenolic OH excluding ortho intramolecular Hbond substituents is 1. The van der Waals surface area contributed by atoms with Gasteiger partial charge in [-0.1, -0.05) is 27.5 Å². The van der Waals surface area contributed by atoms with E-state index >= 15 is 0 Å². The monoisotopic (exact) mass is 323 g/mol. The number of phenols is 1. The van der Waals surface area contributed by atoms with Crippen molar-refractivity contribution in [3.05, 3.63) is 57.5 Å². The highest BCUT2D eigenvalue weighted by Crippen LogP contribution is 2.24. The molecule has 0 atom stereocenters. The van der Waals surface area contributed by atoms with Gasteiger partial charge in [0.1, 0.15) is 5.75 Å². The highest BCUT2D eigenvalue weighted by Gasteiger charge is 2.05. The summed E-state index contributed by atoms with van der Waals surface area (Å²) >= 11 is 9.19. The van der Waals surface area contributed by atoms with Gasteiger partial charge >= 0.3 is 0 Å². The summed E-state index contributed by atoms with van der Waals surface area (Å²) in [5.41, 5.74) is 2.26. The third-order valence-corrected chi connectivity index (χ3v) is 3.22. The van der Waals surface area contributed by atoms with Gasteiger partial charge in [0, 0.05) is 20.8 Å². The molecule has 0 heterocycles. The number of aliphatic imine (C=N–C) groups is 1. The number of nitrogens with zero attached hydrogens (tertiary/aromatic N) is 1. The van der Waals surface area contributed by atoms with Crippen LogP contribution in [0.15, 0.2) is 51.9 Å². The first kappa shape index (κ1) is 13.1. The molecule has 0 aliphatic heterocycles. The highest BCUT2D eigenvalue weighted by atomic mass is 79.9. The van der Waals surface area contributed by atoms with Gasteiger partial charge < -0.3 is 5.11 Å². The molecule has 2 nitrogen and oxygen atoms in total. The van der Waals surface area contributed by atoms with Crippen molar-refractivity contribution in [1.82, 2.24) is 0 Å². The Morgan fingerprint density at radius 1 is 1.17 bits per heavy atom. The maximum Gasteiger partial charge on any atom is 0.124 e. The molecule has 0 aliphatic carbocycles. The molecule has 0 aliphatic rings. The van der Waals surface area contributed by atoms with E-state index in [0.717, 1.165) is 15.9 Å². The summed E-state index contributed by atoms with van der Waals surface area (Å²) < 4.78 is 0.904. The molecular weight excluding hydrogens is 314 g/mol. The van der Waals surface area contributed by atoms with Crippen molar-refractivity contribution in [1.29, 1.82) is 0 Å². The average molecular weight is 325 g/mol. The first-order valence-corrected chi connectivity index (χ1v) is 6.53. The van der Waals surface area contributed by atoms with Crippen LogP contribution in [-0.2, 0) is 0 Å². The molecule has 18 heavy (non-hydrogen) atoms. The van der Waals surface area contributed by atoms with E-state index in [1.807, 2.05) is 25.1 Å². The topological polar surface area (TPSA) is 32.6 Å². The molecule has 0 aromatic heterocycles. The standard InChI is InChI=1S/C14H11BrClNO/c1-9(13-8-10(15)2-7-14(13)18)17-12-5-3-11(16)4-6-12/h2-8,18H,1H3/b17-9+. The number of benzene rings is 2. The van der Waals surface area contributed by atoms with Crippen LogP contribution in [0.2, 0.25) is 5.02 Å². The van der Waals surface area contributed by atoms with Gasteiger partial charge in [-0.2, -0.15) is 0 Å². The molecule has 92 valence electrons. The van der Waals surface area contributed by atoms with Crippen LogP contribution in [0.1, 0.15) is 12.5 Å². The number of aromatic hydroxyl groups is 1. The van der Waals surface area contributed by atoms with E-state index in [2.05, 4.69) is 20.9 Å². The third-order valence-electron chi connectivity index (χ3n) is 2.47. The lowest BCUT2D eigenvalue weighted by atomic mass is 10.1. The van der Waals surface area contributed by atoms with Gasteiger partial charge in [-0.3, -0.25) is 4.99 Å². The van der Waals surface area contributed by atoms with Gasteiger partial charge in [0.15, 0.2) is 0 Å². The first-order valence-electron chi connectivity index (χ1n) is 5.36. The van der Waals surface area contributed by atoms with Crippen LogP contribution in [0.5, 0.6) is 5.75 Å². The molecule has 2 aromatic carbocycles. The molecule has 0 bridgehead atoms. The minimum absolute atomic E-state index is 0.216. The van der Waals surface area contributed by atoms with E-state index in [0.29, 0.717) is 10.6 Å². The average Bonchev–Trinajstić information content (AvgIpc) is 2.35. The molecule has 0 fully saturated rings. The summed E-state index contributed by atoms with van der Waals surface area (Å²) in [5.74, 6) is 0.216. The van der Waals surface area contributed by atoms with Crippen LogP contribution in [0.3, 0.4) is 0 Å². The van der Waals surface area contributed by atoms with E-state index in [1.54, 1.807) is 24.3 Å². The largest absolute Gasteiger partial charge is 0.507 e. The van der Waals surface area contributed by atoms with Crippen LogP contribution >= 0.6 is 27.5 Å². The van der Waals surface area contributed by atoms with Crippen LogP contribution in [-0.4, -0.2) is 10.8 Å². The highest BCUT2D eigenvalue weighted by molar-refractivity contribution is 9.10. The SMILES string of the molecule is C/C(=N\c1ccc(Cl)cc1)c1cc(Br)ccc1O. The minimum atomic E-state index is 0.216. The minimum Gasteiger partial charge on any atom is -0.507 e. The number of hydrogen-bond acceptors (Lipinski definition) is 2. The van der Waals surface area contributed by atoms with Crippen LogP contribution in [0, 0.1) is 0 Å². The molecule has 0 unspecified atom stereocenters. The van der Waals surface area contributed by atoms with E-state index in [-0.39, 0.29) is 5.75 Å². The Morgan fingerprint density at radius 3 is 2.50 bits per heavy atom. The van der Waals surface area contributed by atoms with Crippen molar-refractivity contribution in [3.63, 3.8) is 0 Å². The third kappa shape index (κ3) is 3.12. The smallest absolute Gasteiger partial charge is 0.124 e. The lowest BCUT2D eigenvalue weighted by Crippen LogP contribution is -1.94. The summed E-state index contributed by atoms with van der Waals surface area (Å²) in [6, 6.07) is 12.5. The molecule has 0 amide bonds.